The van der Waals surface area contributed by atoms with E-state index in [9.17, 15) is 14.4 Å². The first-order valence-corrected chi connectivity index (χ1v) is 11.2. The van der Waals surface area contributed by atoms with E-state index in [0.717, 1.165) is 22.0 Å². The van der Waals surface area contributed by atoms with Crippen LogP contribution in [0.25, 0.3) is 10.8 Å². The molecular weight excluding hydrogens is 446 g/mol. The fourth-order valence-corrected chi connectivity index (χ4v) is 3.95. The molecule has 4 aromatic rings. The number of benzene rings is 3. The van der Waals surface area contributed by atoms with Crippen LogP contribution in [-0.2, 0) is 16.1 Å². The van der Waals surface area contributed by atoms with E-state index < -0.39 is 17.2 Å². The Morgan fingerprint density at radius 1 is 1.03 bits per heavy atom. The molecule has 0 aliphatic heterocycles. The zero-order valence-corrected chi connectivity index (χ0v) is 19.4. The van der Waals surface area contributed by atoms with Crippen LogP contribution in [0.15, 0.2) is 82.4 Å². The molecule has 4 rings (SSSR count). The third-order valence-corrected chi connectivity index (χ3v) is 5.71. The average Bonchev–Trinajstić information content (AvgIpc) is 2.87. The molecular formula is C26H27N5O4. The lowest BCUT2D eigenvalue weighted by atomic mass is 10.1. The number of amides is 1. The van der Waals surface area contributed by atoms with Crippen molar-refractivity contribution in [3.63, 3.8) is 0 Å². The quantitative estimate of drug-likeness (QED) is 0.343. The van der Waals surface area contributed by atoms with Gasteiger partial charge in [-0.05, 0) is 17.0 Å². The number of anilines is 3. The molecule has 0 radical (unpaired) electrons. The summed E-state index contributed by atoms with van der Waals surface area (Å²) >= 11 is 0. The average molecular weight is 474 g/mol. The number of carbonyl (C=O) groups excluding carboxylic acids is 1. The fraction of sp³-hybridized carbons (Fsp3) is 0.192. The van der Waals surface area contributed by atoms with Crippen LogP contribution in [0, 0.1) is 0 Å². The number of aromatic amines is 1. The highest BCUT2D eigenvalue weighted by Crippen LogP contribution is 2.23. The van der Waals surface area contributed by atoms with Gasteiger partial charge in [0, 0.05) is 24.7 Å². The Hall–Kier alpha value is -4.37. The lowest BCUT2D eigenvalue weighted by Crippen LogP contribution is -2.44. The van der Waals surface area contributed by atoms with Gasteiger partial charge in [0.1, 0.15) is 5.82 Å². The normalized spacial score (nSPS) is 10.9. The number of hydrogen-bond donors (Lipinski definition) is 3. The van der Waals surface area contributed by atoms with Crippen molar-refractivity contribution in [1.29, 1.82) is 0 Å². The van der Waals surface area contributed by atoms with E-state index in [0.29, 0.717) is 0 Å². The van der Waals surface area contributed by atoms with Crippen molar-refractivity contribution in [3.8, 4) is 0 Å². The summed E-state index contributed by atoms with van der Waals surface area (Å²) in [4.78, 5) is 42.3. The van der Waals surface area contributed by atoms with Crippen LogP contribution in [0.2, 0.25) is 0 Å². The number of ether oxygens (including phenoxy) is 1. The van der Waals surface area contributed by atoms with Gasteiger partial charge in [0.2, 0.25) is 5.91 Å². The number of nitrogens with two attached hydrogens (primary N) is 1. The van der Waals surface area contributed by atoms with Crippen molar-refractivity contribution in [1.82, 2.24) is 9.55 Å². The van der Waals surface area contributed by atoms with Gasteiger partial charge in [-0.1, -0.05) is 66.7 Å². The molecule has 0 fully saturated rings. The summed E-state index contributed by atoms with van der Waals surface area (Å²) in [5.74, 6) is -0.477. The van der Waals surface area contributed by atoms with Gasteiger partial charge in [-0.15, -0.1) is 0 Å². The molecule has 9 heteroatoms. The molecule has 0 atom stereocenters. The Morgan fingerprint density at radius 3 is 2.51 bits per heavy atom. The Bertz CT molecular complexity index is 1440. The van der Waals surface area contributed by atoms with Gasteiger partial charge in [0.25, 0.3) is 5.56 Å². The predicted molar refractivity (Wildman–Crippen MR) is 138 cm³/mol. The fourth-order valence-electron chi connectivity index (χ4n) is 3.95. The lowest BCUT2D eigenvalue weighted by Gasteiger charge is -2.25. The molecule has 1 heterocycles. The molecule has 0 saturated carbocycles. The van der Waals surface area contributed by atoms with Crippen molar-refractivity contribution in [2.24, 2.45) is 0 Å². The van der Waals surface area contributed by atoms with E-state index >= 15 is 0 Å². The van der Waals surface area contributed by atoms with Crippen LogP contribution in [0.3, 0.4) is 0 Å². The molecule has 35 heavy (non-hydrogen) atoms. The summed E-state index contributed by atoms with van der Waals surface area (Å²) in [5, 5.41) is 5.17. The topological polar surface area (TPSA) is 122 Å². The third-order valence-electron chi connectivity index (χ3n) is 5.71. The van der Waals surface area contributed by atoms with Gasteiger partial charge in [0.05, 0.1) is 19.7 Å². The minimum Gasteiger partial charge on any atom is -0.383 e. The highest BCUT2D eigenvalue weighted by Gasteiger charge is 2.24. The Labute approximate surface area is 201 Å². The number of nitrogen functional groups attached to an aromatic ring is 1. The standard InChI is InChI=1S/C26H27N5O4/c1-35-15-14-30(22(32)16-28-21-13-7-11-19-10-5-6-12-20(19)21)23-24(27)31(26(34)29-25(23)33)17-18-8-3-2-4-9-18/h2-13,28H,14-17,27H2,1H3,(H,29,33,34). The minimum absolute atomic E-state index is 0.0812. The van der Waals surface area contributed by atoms with Crippen LogP contribution < -0.4 is 27.2 Å². The Kier molecular flexibility index (Phi) is 7.27. The van der Waals surface area contributed by atoms with E-state index in [4.69, 9.17) is 10.5 Å². The number of aromatic nitrogens is 2. The Morgan fingerprint density at radius 2 is 1.74 bits per heavy atom. The summed E-state index contributed by atoms with van der Waals surface area (Å²) in [6.07, 6.45) is 0. The molecule has 9 nitrogen and oxygen atoms in total. The third kappa shape index (κ3) is 5.25. The largest absolute Gasteiger partial charge is 0.383 e. The molecule has 0 aliphatic rings. The highest BCUT2D eigenvalue weighted by atomic mass is 16.5. The van der Waals surface area contributed by atoms with Crippen LogP contribution in [0.1, 0.15) is 5.56 Å². The van der Waals surface area contributed by atoms with Gasteiger partial charge in [-0.2, -0.15) is 0 Å². The molecule has 180 valence electrons. The Balaban J connectivity index is 1.65. The zero-order valence-electron chi connectivity index (χ0n) is 19.4. The summed E-state index contributed by atoms with van der Waals surface area (Å²) in [6, 6.07) is 22.8. The molecule has 1 aromatic heterocycles. The monoisotopic (exact) mass is 473 g/mol. The SMILES string of the molecule is COCCN(C(=O)CNc1cccc2ccccc12)c1c(N)n(Cc2ccccc2)c(=O)[nH]c1=O. The van der Waals surface area contributed by atoms with Gasteiger partial charge in [-0.25, -0.2) is 4.79 Å². The van der Waals surface area contributed by atoms with Gasteiger partial charge in [0.15, 0.2) is 5.69 Å². The number of carbonyl (C=O) groups is 1. The molecule has 1 amide bonds. The van der Waals surface area contributed by atoms with E-state index in [2.05, 4.69) is 10.3 Å². The van der Waals surface area contributed by atoms with Crippen molar-refractivity contribution in [2.75, 3.05) is 42.8 Å². The van der Waals surface area contributed by atoms with E-state index in [1.54, 1.807) is 0 Å². The molecule has 0 bridgehead atoms. The summed E-state index contributed by atoms with van der Waals surface area (Å²) < 4.78 is 6.41. The number of methoxy groups -OCH3 is 1. The molecule has 0 spiro atoms. The van der Waals surface area contributed by atoms with Crippen LogP contribution in [0.5, 0.6) is 0 Å². The van der Waals surface area contributed by atoms with Crippen molar-refractivity contribution in [3.05, 3.63) is 99.2 Å². The maximum Gasteiger partial charge on any atom is 0.330 e. The number of nitrogens with zero attached hydrogens (tertiary/aromatic N) is 2. The number of fused-ring (bicyclic) bond motifs is 1. The van der Waals surface area contributed by atoms with E-state index in [1.807, 2.05) is 72.8 Å². The number of rotatable bonds is 9. The first-order chi connectivity index (χ1) is 17.0. The second-order valence-electron chi connectivity index (χ2n) is 7.98. The summed E-state index contributed by atoms with van der Waals surface area (Å²) in [7, 11) is 1.50. The van der Waals surface area contributed by atoms with E-state index in [-0.39, 0.29) is 37.7 Å². The molecule has 4 N–H and O–H groups in total. The maximum absolute atomic E-state index is 13.3. The van der Waals surface area contributed by atoms with Crippen molar-refractivity contribution in [2.45, 2.75) is 6.54 Å². The van der Waals surface area contributed by atoms with Crippen LogP contribution >= 0.6 is 0 Å². The van der Waals surface area contributed by atoms with Gasteiger partial charge >= 0.3 is 5.69 Å². The predicted octanol–water partition coefficient (Wildman–Crippen LogP) is 2.41. The van der Waals surface area contributed by atoms with Gasteiger partial charge < -0.3 is 20.7 Å². The van der Waals surface area contributed by atoms with Gasteiger partial charge in [-0.3, -0.25) is 19.1 Å². The van der Waals surface area contributed by atoms with Crippen molar-refractivity contribution >= 4 is 33.9 Å². The molecule has 0 saturated heterocycles. The first kappa shape index (κ1) is 23.8. The second kappa shape index (κ2) is 10.7. The smallest absolute Gasteiger partial charge is 0.330 e. The van der Waals surface area contributed by atoms with Crippen molar-refractivity contribution < 1.29 is 9.53 Å². The summed E-state index contributed by atoms with van der Waals surface area (Å²) in [6.45, 7) is 0.324. The van der Waals surface area contributed by atoms with Crippen LogP contribution in [-0.4, -0.2) is 42.3 Å². The molecule has 0 unspecified atom stereocenters. The van der Waals surface area contributed by atoms with E-state index in [1.165, 1.54) is 16.6 Å². The molecule has 0 aliphatic carbocycles. The highest BCUT2D eigenvalue weighted by molar-refractivity contribution is 6.00. The number of hydrogen-bond acceptors (Lipinski definition) is 6. The number of nitrogens with one attached hydrogen (secondary N) is 2. The maximum atomic E-state index is 13.3. The zero-order chi connectivity index (χ0) is 24.8. The van der Waals surface area contributed by atoms with Crippen LogP contribution in [0.4, 0.5) is 17.2 Å². The molecule has 3 aromatic carbocycles. The number of H-pyrrole nitrogens is 1. The minimum atomic E-state index is -0.730. The lowest BCUT2D eigenvalue weighted by molar-refractivity contribution is -0.117. The summed E-state index contributed by atoms with van der Waals surface area (Å²) in [5.41, 5.74) is 6.47. The first-order valence-electron chi connectivity index (χ1n) is 11.2. The second-order valence-corrected chi connectivity index (χ2v) is 7.98.